The molecule has 0 aliphatic carbocycles. The third-order valence-corrected chi connectivity index (χ3v) is 3.66. The smallest absolute Gasteiger partial charge is 0.230 e. The molecule has 6 nitrogen and oxygen atoms in total. The molecule has 3 rings (SSSR count). The van der Waals surface area contributed by atoms with Crippen LogP contribution in [-0.2, 0) is 9.59 Å². The van der Waals surface area contributed by atoms with Crippen LogP contribution in [0.2, 0.25) is 0 Å². The van der Waals surface area contributed by atoms with E-state index in [1.165, 1.54) is 4.90 Å². The van der Waals surface area contributed by atoms with Gasteiger partial charge in [-0.1, -0.05) is 30.3 Å². The number of hydrogen-bond acceptors (Lipinski definition) is 4. The minimum absolute atomic E-state index is 0.0432. The molecule has 2 aromatic rings. The van der Waals surface area contributed by atoms with Crippen molar-refractivity contribution in [3.05, 3.63) is 42.0 Å². The van der Waals surface area contributed by atoms with Gasteiger partial charge in [-0.3, -0.25) is 14.5 Å². The predicted octanol–water partition coefficient (Wildman–Crippen LogP) is 1.66. The van der Waals surface area contributed by atoms with E-state index in [1.807, 2.05) is 36.4 Å². The Morgan fingerprint density at radius 2 is 2.09 bits per heavy atom. The Hall–Kier alpha value is -3.07. The lowest BCUT2D eigenvalue weighted by molar-refractivity contribution is -0.123. The molecular weight excluding hydrogens is 282 g/mol. The first-order valence-corrected chi connectivity index (χ1v) is 6.79. The Bertz CT molecular complexity index is 774. The third-order valence-electron chi connectivity index (χ3n) is 3.66. The van der Waals surface area contributed by atoms with Crippen LogP contribution >= 0.6 is 0 Å². The van der Waals surface area contributed by atoms with Gasteiger partial charge in [0.15, 0.2) is 0 Å². The molecule has 0 radical (unpaired) electrons. The van der Waals surface area contributed by atoms with Crippen molar-refractivity contribution in [3.8, 4) is 17.4 Å². The van der Waals surface area contributed by atoms with Gasteiger partial charge in [0.05, 0.1) is 5.92 Å². The fourth-order valence-electron chi connectivity index (χ4n) is 2.50. The normalized spacial score (nSPS) is 17.5. The van der Waals surface area contributed by atoms with Crippen LogP contribution < -0.4 is 10.6 Å². The van der Waals surface area contributed by atoms with Gasteiger partial charge in [0, 0.05) is 24.6 Å². The van der Waals surface area contributed by atoms with Gasteiger partial charge in [0.1, 0.15) is 17.4 Å². The summed E-state index contributed by atoms with van der Waals surface area (Å²) >= 11 is 0. The van der Waals surface area contributed by atoms with Gasteiger partial charge in [0.25, 0.3) is 0 Å². The maximum Gasteiger partial charge on any atom is 0.230 e. The predicted molar refractivity (Wildman–Crippen MR) is 78.5 cm³/mol. The summed E-state index contributed by atoms with van der Waals surface area (Å²) in [6, 6.07) is 12.9. The molecule has 1 aliphatic rings. The van der Waals surface area contributed by atoms with Crippen LogP contribution in [0.25, 0.3) is 11.3 Å². The highest BCUT2D eigenvalue weighted by Gasteiger charge is 2.37. The molecule has 2 amide bonds. The van der Waals surface area contributed by atoms with Crippen LogP contribution in [0.5, 0.6) is 0 Å². The lowest BCUT2D eigenvalue weighted by atomic mass is 10.1. The molecule has 0 saturated carbocycles. The highest BCUT2D eigenvalue weighted by Crippen LogP contribution is 2.34. The van der Waals surface area contributed by atoms with Crippen molar-refractivity contribution in [2.45, 2.75) is 6.42 Å². The lowest BCUT2D eigenvalue weighted by Gasteiger charge is -2.12. The number of carbonyl (C=O) groups is 2. The fraction of sp³-hybridized carbons (Fsp3) is 0.188. The van der Waals surface area contributed by atoms with E-state index in [0.717, 1.165) is 5.56 Å². The van der Waals surface area contributed by atoms with Gasteiger partial charge >= 0.3 is 0 Å². The highest BCUT2D eigenvalue weighted by molar-refractivity contribution is 6.00. The molecule has 1 aliphatic heterocycles. The van der Waals surface area contributed by atoms with Gasteiger partial charge in [-0.25, -0.2) is 0 Å². The highest BCUT2D eigenvalue weighted by atomic mass is 16.4. The molecular formula is C16H13N3O3. The molecule has 0 spiro atoms. The summed E-state index contributed by atoms with van der Waals surface area (Å²) in [5.41, 5.74) is 6.32. The minimum Gasteiger partial charge on any atom is -0.439 e. The number of carbonyl (C=O) groups excluding carboxylic acids is 2. The van der Waals surface area contributed by atoms with E-state index < -0.39 is 11.8 Å². The van der Waals surface area contributed by atoms with Crippen LogP contribution in [-0.4, -0.2) is 18.4 Å². The molecule has 1 unspecified atom stereocenters. The monoisotopic (exact) mass is 295 g/mol. The van der Waals surface area contributed by atoms with Crippen molar-refractivity contribution in [2.24, 2.45) is 11.7 Å². The van der Waals surface area contributed by atoms with Gasteiger partial charge in [-0.2, -0.15) is 5.26 Å². The number of nitrogens with zero attached hydrogens (tertiary/aromatic N) is 2. The van der Waals surface area contributed by atoms with E-state index in [-0.39, 0.29) is 30.3 Å². The van der Waals surface area contributed by atoms with Gasteiger partial charge in [0.2, 0.25) is 17.7 Å². The average Bonchev–Trinajstić information content (AvgIpc) is 3.11. The first-order chi connectivity index (χ1) is 10.6. The van der Waals surface area contributed by atoms with Crippen molar-refractivity contribution in [1.29, 1.82) is 5.26 Å². The molecule has 1 aromatic carbocycles. The number of nitriles is 1. The van der Waals surface area contributed by atoms with E-state index in [2.05, 4.69) is 0 Å². The first kappa shape index (κ1) is 13.9. The number of furan rings is 1. The number of hydrogen-bond donors (Lipinski definition) is 1. The zero-order chi connectivity index (χ0) is 15.7. The average molecular weight is 295 g/mol. The standard InChI is InChI=1S/C16H13N3O3/c17-8-11-6-13(10-4-2-1-3-5-10)22-16(11)19-9-12(15(18)21)7-14(19)20/h1-6,12H,7,9H2,(H2,18,21). The van der Waals surface area contributed by atoms with Gasteiger partial charge < -0.3 is 10.2 Å². The van der Waals surface area contributed by atoms with Crippen molar-refractivity contribution >= 4 is 17.7 Å². The van der Waals surface area contributed by atoms with Crippen molar-refractivity contribution < 1.29 is 14.0 Å². The SMILES string of the molecule is N#Cc1cc(-c2ccccc2)oc1N1CC(C(N)=O)CC1=O. The summed E-state index contributed by atoms with van der Waals surface area (Å²) in [5.74, 6) is -0.666. The second-order valence-electron chi connectivity index (χ2n) is 5.12. The zero-order valence-electron chi connectivity index (χ0n) is 11.7. The Kier molecular flexibility index (Phi) is 3.39. The molecule has 1 aromatic heterocycles. The van der Waals surface area contributed by atoms with Crippen molar-refractivity contribution in [2.75, 3.05) is 11.4 Å². The number of primary amides is 1. The van der Waals surface area contributed by atoms with Crippen molar-refractivity contribution in [3.63, 3.8) is 0 Å². The number of amides is 2. The number of nitrogens with two attached hydrogens (primary N) is 1. The summed E-state index contributed by atoms with van der Waals surface area (Å²) in [5, 5.41) is 9.26. The minimum atomic E-state index is -0.552. The molecule has 2 heterocycles. The van der Waals surface area contributed by atoms with E-state index in [9.17, 15) is 14.9 Å². The van der Waals surface area contributed by atoms with Crippen LogP contribution in [0.3, 0.4) is 0 Å². The molecule has 2 N–H and O–H groups in total. The van der Waals surface area contributed by atoms with Crippen LogP contribution in [0.4, 0.5) is 5.88 Å². The van der Waals surface area contributed by atoms with E-state index in [0.29, 0.717) is 5.76 Å². The molecule has 0 bridgehead atoms. The van der Waals surface area contributed by atoms with Crippen LogP contribution in [0.15, 0.2) is 40.8 Å². The topological polar surface area (TPSA) is 100 Å². The molecule has 1 fully saturated rings. The van der Waals surface area contributed by atoms with E-state index in [1.54, 1.807) is 6.07 Å². The first-order valence-electron chi connectivity index (χ1n) is 6.79. The molecule has 110 valence electrons. The van der Waals surface area contributed by atoms with Gasteiger partial charge in [-0.15, -0.1) is 0 Å². The molecule has 1 atom stereocenters. The molecule has 22 heavy (non-hydrogen) atoms. The second kappa shape index (κ2) is 5.37. The maximum absolute atomic E-state index is 12.1. The van der Waals surface area contributed by atoms with Crippen LogP contribution in [0.1, 0.15) is 12.0 Å². The fourth-order valence-corrected chi connectivity index (χ4v) is 2.50. The number of rotatable bonds is 3. The lowest BCUT2D eigenvalue weighted by Crippen LogP contribution is -2.28. The third kappa shape index (κ3) is 2.33. The van der Waals surface area contributed by atoms with Crippen molar-refractivity contribution in [1.82, 2.24) is 0 Å². The number of anilines is 1. The summed E-state index contributed by atoms with van der Waals surface area (Å²) < 4.78 is 5.70. The Morgan fingerprint density at radius 3 is 2.68 bits per heavy atom. The summed E-state index contributed by atoms with van der Waals surface area (Å²) in [4.78, 5) is 24.6. The maximum atomic E-state index is 12.1. The van der Waals surface area contributed by atoms with Crippen LogP contribution in [0, 0.1) is 17.2 Å². The quantitative estimate of drug-likeness (QED) is 0.930. The number of benzene rings is 1. The van der Waals surface area contributed by atoms with E-state index in [4.69, 9.17) is 10.2 Å². The zero-order valence-corrected chi connectivity index (χ0v) is 11.7. The van der Waals surface area contributed by atoms with E-state index >= 15 is 0 Å². The Morgan fingerprint density at radius 1 is 1.36 bits per heavy atom. The largest absolute Gasteiger partial charge is 0.439 e. The summed E-state index contributed by atoms with van der Waals surface area (Å²) in [7, 11) is 0. The van der Waals surface area contributed by atoms with Gasteiger partial charge in [-0.05, 0) is 0 Å². The summed E-state index contributed by atoms with van der Waals surface area (Å²) in [6.07, 6.45) is 0.0432. The molecule has 6 heteroatoms. The Balaban J connectivity index is 1.98. The Labute approximate surface area is 126 Å². The second-order valence-corrected chi connectivity index (χ2v) is 5.12. The summed E-state index contributed by atoms with van der Waals surface area (Å²) in [6.45, 7) is 0.143. The molecule has 1 saturated heterocycles.